The van der Waals surface area contributed by atoms with E-state index in [0.717, 1.165) is 12.8 Å². The van der Waals surface area contributed by atoms with Crippen molar-refractivity contribution in [1.29, 1.82) is 0 Å². The van der Waals surface area contributed by atoms with Crippen LogP contribution in [0.1, 0.15) is 32.6 Å². The Kier molecular flexibility index (Phi) is 5.83. The van der Waals surface area contributed by atoms with Crippen LogP contribution in [0.5, 0.6) is 0 Å². The molecular formula is C7H13N3O2. The number of hydrogen-bond acceptors (Lipinski definition) is 2. The highest BCUT2D eigenvalue weighted by molar-refractivity contribution is 5.67. The van der Waals surface area contributed by atoms with Crippen molar-refractivity contribution in [2.45, 2.75) is 38.6 Å². The van der Waals surface area contributed by atoms with Gasteiger partial charge in [0.05, 0.1) is 6.42 Å². The molecule has 0 aliphatic rings. The highest BCUT2D eigenvalue weighted by atomic mass is 16.4. The van der Waals surface area contributed by atoms with Crippen LogP contribution >= 0.6 is 0 Å². The first-order chi connectivity index (χ1) is 5.70. The van der Waals surface area contributed by atoms with Crippen LogP contribution < -0.4 is 0 Å². The summed E-state index contributed by atoms with van der Waals surface area (Å²) in [4.78, 5) is 12.9. The summed E-state index contributed by atoms with van der Waals surface area (Å²) in [6.45, 7) is 2.01. The molecule has 0 fully saturated rings. The first-order valence-electron chi connectivity index (χ1n) is 3.96. The quantitative estimate of drug-likeness (QED) is 0.377. The minimum absolute atomic E-state index is 0.0654. The maximum atomic E-state index is 10.3. The third-order valence-corrected chi connectivity index (χ3v) is 1.52. The minimum atomic E-state index is -0.913. The number of carboxylic acids is 1. The highest BCUT2D eigenvalue weighted by Crippen LogP contribution is 2.08. The van der Waals surface area contributed by atoms with Crippen LogP contribution in [0.3, 0.4) is 0 Å². The largest absolute Gasteiger partial charge is 0.481 e. The minimum Gasteiger partial charge on any atom is -0.481 e. The van der Waals surface area contributed by atoms with Gasteiger partial charge in [-0.15, -0.1) is 0 Å². The van der Waals surface area contributed by atoms with Gasteiger partial charge in [0, 0.05) is 11.0 Å². The Morgan fingerprint density at radius 2 is 2.42 bits per heavy atom. The molecule has 0 aromatic carbocycles. The van der Waals surface area contributed by atoms with Crippen molar-refractivity contribution in [3.63, 3.8) is 0 Å². The predicted molar refractivity (Wildman–Crippen MR) is 44.7 cm³/mol. The Balaban J connectivity index is 3.85. The molecule has 5 heteroatoms. The molecule has 68 valence electrons. The normalized spacial score (nSPS) is 11.8. The number of carboxylic acid groups (broad SMARTS) is 1. The number of nitrogens with zero attached hydrogens (tertiary/aromatic N) is 3. The Morgan fingerprint density at radius 1 is 1.75 bits per heavy atom. The summed E-state index contributed by atoms with van der Waals surface area (Å²) in [5, 5.41) is 11.8. The van der Waals surface area contributed by atoms with E-state index in [-0.39, 0.29) is 12.5 Å². The smallest absolute Gasteiger partial charge is 0.303 e. The summed E-state index contributed by atoms with van der Waals surface area (Å²) < 4.78 is 0. The van der Waals surface area contributed by atoms with E-state index in [2.05, 4.69) is 10.0 Å². The van der Waals surface area contributed by atoms with E-state index in [4.69, 9.17) is 10.6 Å². The molecule has 12 heavy (non-hydrogen) atoms. The van der Waals surface area contributed by atoms with Gasteiger partial charge in [-0.25, -0.2) is 0 Å². The molecule has 0 rings (SSSR count). The van der Waals surface area contributed by atoms with Crippen molar-refractivity contribution in [1.82, 2.24) is 0 Å². The maximum Gasteiger partial charge on any atom is 0.303 e. The van der Waals surface area contributed by atoms with Gasteiger partial charge in [-0.2, -0.15) is 0 Å². The monoisotopic (exact) mass is 171 g/mol. The molecule has 1 N–H and O–H groups in total. The molecule has 0 amide bonds. The molecule has 0 spiro atoms. The van der Waals surface area contributed by atoms with Gasteiger partial charge in [0.15, 0.2) is 0 Å². The van der Waals surface area contributed by atoms with Crippen molar-refractivity contribution < 1.29 is 9.90 Å². The predicted octanol–water partition coefficient (Wildman–Crippen LogP) is 2.33. The average Bonchev–Trinajstić information content (AvgIpc) is 2.00. The lowest BCUT2D eigenvalue weighted by Crippen LogP contribution is -2.10. The Morgan fingerprint density at radius 3 is 2.83 bits per heavy atom. The van der Waals surface area contributed by atoms with Gasteiger partial charge in [-0.3, -0.25) is 4.79 Å². The van der Waals surface area contributed by atoms with Crippen LogP contribution in [0.15, 0.2) is 5.11 Å². The van der Waals surface area contributed by atoms with E-state index in [1.807, 2.05) is 6.92 Å². The molecular weight excluding hydrogens is 158 g/mol. The number of hydrogen-bond donors (Lipinski definition) is 1. The molecule has 0 bridgehead atoms. The third-order valence-electron chi connectivity index (χ3n) is 1.52. The second-order valence-electron chi connectivity index (χ2n) is 2.60. The molecule has 0 saturated heterocycles. The number of unbranched alkanes of at least 4 members (excludes halogenated alkanes) is 1. The molecule has 1 atom stereocenters. The first-order valence-corrected chi connectivity index (χ1v) is 3.96. The first kappa shape index (κ1) is 10.8. The maximum absolute atomic E-state index is 10.3. The van der Waals surface area contributed by atoms with E-state index >= 15 is 0 Å². The fourth-order valence-corrected chi connectivity index (χ4v) is 0.915. The van der Waals surface area contributed by atoms with Gasteiger partial charge in [-0.05, 0) is 12.0 Å². The third kappa shape index (κ3) is 5.56. The van der Waals surface area contributed by atoms with Crippen molar-refractivity contribution >= 4 is 5.97 Å². The van der Waals surface area contributed by atoms with Gasteiger partial charge in [0.1, 0.15) is 0 Å². The van der Waals surface area contributed by atoms with Gasteiger partial charge < -0.3 is 5.11 Å². The van der Waals surface area contributed by atoms with E-state index < -0.39 is 5.97 Å². The van der Waals surface area contributed by atoms with Gasteiger partial charge in [0.2, 0.25) is 0 Å². The zero-order valence-electron chi connectivity index (χ0n) is 7.10. The lowest BCUT2D eigenvalue weighted by Gasteiger charge is -2.05. The van der Waals surface area contributed by atoms with E-state index in [1.165, 1.54) is 0 Å². The van der Waals surface area contributed by atoms with E-state index in [9.17, 15) is 4.79 Å². The zero-order chi connectivity index (χ0) is 9.40. The molecule has 0 heterocycles. The fourth-order valence-electron chi connectivity index (χ4n) is 0.915. The standard InChI is InChI=1S/C7H13N3O2/c1-2-3-4-6(9-10-8)5-7(11)12/h6H,2-5H2,1H3,(H,11,12)/t6-/m0/s1. The van der Waals surface area contributed by atoms with Crippen LogP contribution in [-0.4, -0.2) is 17.1 Å². The molecule has 0 aromatic heterocycles. The lowest BCUT2D eigenvalue weighted by atomic mass is 10.1. The van der Waals surface area contributed by atoms with Crippen LogP contribution in [0, 0.1) is 0 Å². The van der Waals surface area contributed by atoms with Crippen LogP contribution in [0.2, 0.25) is 0 Å². The number of azide groups is 1. The van der Waals surface area contributed by atoms with Gasteiger partial charge in [-0.1, -0.05) is 24.9 Å². The topological polar surface area (TPSA) is 86.1 Å². The van der Waals surface area contributed by atoms with Crippen molar-refractivity contribution in [3.05, 3.63) is 10.4 Å². The highest BCUT2D eigenvalue weighted by Gasteiger charge is 2.09. The second-order valence-corrected chi connectivity index (χ2v) is 2.60. The molecule has 0 unspecified atom stereocenters. The molecule has 0 aliphatic heterocycles. The summed E-state index contributed by atoms with van der Waals surface area (Å²) in [6.07, 6.45) is 2.48. The Hall–Kier alpha value is -1.22. The lowest BCUT2D eigenvalue weighted by molar-refractivity contribution is -0.137. The van der Waals surface area contributed by atoms with Crippen molar-refractivity contribution in [3.8, 4) is 0 Å². The zero-order valence-corrected chi connectivity index (χ0v) is 7.10. The number of rotatable bonds is 6. The molecule has 0 aliphatic carbocycles. The Labute approximate surface area is 71.0 Å². The number of aliphatic carboxylic acids is 1. The average molecular weight is 171 g/mol. The van der Waals surface area contributed by atoms with E-state index in [0.29, 0.717) is 6.42 Å². The van der Waals surface area contributed by atoms with Crippen LogP contribution in [-0.2, 0) is 4.79 Å². The fraction of sp³-hybridized carbons (Fsp3) is 0.857. The van der Waals surface area contributed by atoms with Crippen molar-refractivity contribution in [2.24, 2.45) is 5.11 Å². The van der Waals surface area contributed by atoms with E-state index in [1.54, 1.807) is 0 Å². The summed E-state index contributed by atoms with van der Waals surface area (Å²) in [5.74, 6) is -0.913. The van der Waals surface area contributed by atoms with Gasteiger partial charge in [0.25, 0.3) is 0 Å². The SMILES string of the molecule is CCCC[C@@H](CC(=O)O)N=[N+]=[N-]. The number of carbonyl (C=O) groups is 1. The summed E-state index contributed by atoms with van der Waals surface area (Å²) in [6, 6.07) is -0.382. The second kappa shape index (κ2) is 6.49. The molecule has 0 saturated carbocycles. The molecule has 0 aromatic rings. The summed E-state index contributed by atoms with van der Waals surface area (Å²) in [7, 11) is 0. The molecule has 0 radical (unpaired) electrons. The van der Waals surface area contributed by atoms with Gasteiger partial charge >= 0.3 is 5.97 Å². The van der Waals surface area contributed by atoms with Crippen LogP contribution in [0.4, 0.5) is 0 Å². The van der Waals surface area contributed by atoms with Crippen LogP contribution in [0.25, 0.3) is 10.4 Å². The summed E-state index contributed by atoms with van der Waals surface area (Å²) >= 11 is 0. The molecule has 5 nitrogen and oxygen atoms in total. The summed E-state index contributed by atoms with van der Waals surface area (Å²) in [5.41, 5.74) is 8.11. The Bertz CT molecular complexity index is 187. The van der Waals surface area contributed by atoms with Crippen molar-refractivity contribution in [2.75, 3.05) is 0 Å².